The first-order valence-electron chi connectivity index (χ1n) is 9.66. The van der Waals surface area contributed by atoms with Crippen LogP contribution in [0.25, 0.3) is 0 Å². The van der Waals surface area contributed by atoms with Crippen molar-refractivity contribution in [1.82, 2.24) is 10.2 Å². The van der Waals surface area contributed by atoms with Gasteiger partial charge < -0.3 is 5.32 Å². The molecule has 21 heavy (non-hydrogen) atoms. The molecule has 1 aliphatic carbocycles. The quantitative estimate of drug-likeness (QED) is 0.779. The minimum absolute atomic E-state index is 0.725. The summed E-state index contributed by atoms with van der Waals surface area (Å²) in [7, 11) is 0. The van der Waals surface area contributed by atoms with Gasteiger partial charge in [0.25, 0.3) is 0 Å². The largest absolute Gasteiger partial charge is 0.311 e. The minimum Gasteiger partial charge on any atom is -0.311 e. The van der Waals surface area contributed by atoms with E-state index in [0.717, 1.165) is 30.0 Å². The van der Waals surface area contributed by atoms with Gasteiger partial charge in [0.2, 0.25) is 0 Å². The molecule has 1 N–H and O–H groups in total. The Labute approximate surface area is 133 Å². The van der Waals surface area contributed by atoms with Crippen molar-refractivity contribution in [1.29, 1.82) is 0 Å². The van der Waals surface area contributed by atoms with Crippen LogP contribution in [0.15, 0.2) is 0 Å². The zero-order valence-corrected chi connectivity index (χ0v) is 14.9. The Kier molecular flexibility index (Phi) is 7.01. The molecule has 2 heteroatoms. The van der Waals surface area contributed by atoms with Gasteiger partial charge in [0.05, 0.1) is 0 Å². The summed E-state index contributed by atoms with van der Waals surface area (Å²) < 4.78 is 0. The first-order valence-corrected chi connectivity index (χ1v) is 9.66. The van der Waals surface area contributed by atoms with Gasteiger partial charge in [-0.25, -0.2) is 0 Å². The van der Waals surface area contributed by atoms with Crippen LogP contribution in [0.1, 0.15) is 79.1 Å². The number of nitrogens with zero attached hydrogens (tertiary/aromatic N) is 1. The zero-order chi connectivity index (χ0) is 15.2. The van der Waals surface area contributed by atoms with Crippen molar-refractivity contribution in [3.05, 3.63) is 0 Å². The van der Waals surface area contributed by atoms with E-state index in [1.807, 2.05) is 0 Å². The van der Waals surface area contributed by atoms with Crippen molar-refractivity contribution in [2.45, 2.75) is 97.2 Å². The van der Waals surface area contributed by atoms with Crippen molar-refractivity contribution >= 4 is 0 Å². The number of hydrogen-bond donors (Lipinski definition) is 1. The average Bonchev–Trinajstić information content (AvgIpc) is 2.49. The predicted octanol–water partition coefficient (Wildman–Crippen LogP) is 4.44. The van der Waals surface area contributed by atoms with Gasteiger partial charge in [-0.1, -0.05) is 53.4 Å². The van der Waals surface area contributed by atoms with Gasteiger partial charge in [0, 0.05) is 31.2 Å². The third kappa shape index (κ3) is 4.45. The maximum Gasteiger partial charge on any atom is 0.0247 e. The third-order valence-corrected chi connectivity index (χ3v) is 5.92. The fraction of sp³-hybridized carbons (Fsp3) is 1.00. The number of piperazine rings is 1. The Bertz CT molecular complexity index is 283. The molecule has 0 radical (unpaired) electrons. The second kappa shape index (κ2) is 8.53. The fourth-order valence-electron chi connectivity index (χ4n) is 4.76. The van der Waals surface area contributed by atoms with E-state index in [1.54, 1.807) is 0 Å². The summed E-state index contributed by atoms with van der Waals surface area (Å²) in [6.45, 7) is 12.0. The molecule has 2 aliphatic rings. The summed E-state index contributed by atoms with van der Waals surface area (Å²) in [5, 5.41) is 3.82. The lowest BCUT2D eigenvalue weighted by atomic mass is 9.80. The third-order valence-electron chi connectivity index (χ3n) is 5.92. The molecule has 0 aromatic rings. The van der Waals surface area contributed by atoms with Gasteiger partial charge in [-0.3, -0.25) is 4.90 Å². The Morgan fingerprint density at radius 1 is 1.10 bits per heavy atom. The molecule has 0 bridgehead atoms. The van der Waals surface area contributed by atoms with Gasteiger partial charge >= 0.3 is 0 Å². The Hall–Kier alpha value is -0.0800. The maximum atomic E-state index is 3.82. The molecular weight excluding hydrogens is 256 g/mol. The standard InChI is InChI=1S/C19H38N2/c1-5-10-17-14-21(19(13-20-17)15(3)4)18(6-2)16-11-8-7-9-12-16/h15-20H,5-14H2,1-4H3. The van der Waals surface area contributed by atoms with Gasteiger partial charge in [-0.2, -0.15) is 0 Å². The fourth-order valence-corrected chi connectivity index (χ4v) is 4.76. The van der Waals surface area contributed by atoms with Crippen LogP contribution in [0.2, 0.25) is 0 Å². The first kappa shape index (κ1) is 17.3. The highest BCUT2D eigenvalue weighted by molar-refractivity contribution is 4.93. The lowest BCUT2D eigenvalue weighted by Crippen LogP contribution is -2.62. The highest BCUT2D eigenvalue weighted by atomic mass is 15.3. The van der Waals surface area contributed by atoms with Crippen LogP contribution >= 0.6 is 0 Å². The summed E-state index contributed by atoms with van der Waals surface area (Å²) in [5.74, 6) is 1.73. The minimum atomic E-state index is 0.725. The molecule has 1 saturated heterocycles. The molecule has 0 aromatic heterocycles. The molecule has 0 amide bonds. The summed E-state index contributed by atoms with van der Waals surface area (Å²) in [5.41, 5.74) is 0. The van der Waals surface area contributed by atoms with Crippen LogP contribution in [-0.2, 0) is 0 Å². The lowest BCUT2D eigenvalue weighted by molar-refractivity contribution is 0.0170. The van der Waals surface area contributed by atoms with E-state index in [1.165, 1.54) is 64.5 Å². The molecule has 2 fully saturated rings. The molecule has 124 valence electrons. The number of nitrogens with one attached hydrogen (secondary N) is 1. The Morgan fingerprint density at radius 2 is 1.81 bits per heavy atom. The van der Waals surface area contributed by atoms with E-state index >= 15 is 0 Å². The van der Waals surface area contributed by atoms with E-state index in [-0.39, 0.29) is 0 Å². The van der Waals surface area contributed by atoms with E-state index in [2.05, 4.69) is 37.9 Å². The van der Waals surface area contributed by atoms with Gasteiger partial charge in [0.1, 0.15) is 0 Å². The van der Waals surface area contributed by atoms with Crippen LogP contribution < -0.4 is 5.32 Å². The number of rotatable bonds is 6. The molecule has 2 rings (SSSR count). The van der Waals surface area contributed by atoms with E-state index in [4.69, 9.17) is 0 Å². The second-order valence-electron chi connectivity index (χ2n) is 7.78. The summed E-state index contributed by atoms with van der Waals surface area (Å²) >= 11 is 0. The molecule has 3 atom stereocenters. The smallest absolute Gasteiger partial charge is 0.0247 e. The SMILES string of the molecule is CCCC1CN(C(CC)C2CCCCC2)C(C(C)C)CN1. The average molecular weight is 295 g/mol. The van der Waals surface area contributed by atoms with E-state index in [9.17, 15) is 0 Å². The zero-order valence-electron chi connectivity index (χ0n) is 14.9. The predicted molar refractivity (Wildman–Crippen MR) is 92.7 cm³/mol. The molecule has 3 unspecified atom stereocenters. The first-order chi connectivity index (χ1) is 10.2. The van der Waals surface area contributed by atoms with Crippen LogP contribution in [0, 0.1) is 11.8 Å². The van der Waals surface area contributed by atoms with Gasteiger partial charge in [0.15, 0.2) is 0 Å². The summed E-state index contributed by atoms with van der Waals surface area (Å²) in [6, 6.07) is 2.30. The molecule has 2 nitrogen and oxygen atoms in total. The van der Waals surface area contributed by atoms with Crippen LogP contribution in [-0.4, -0.2) is 36.1 Å². The lowest BCUT2D eigenvalue weighted by Gasteiger charge is -2.49. The molecule has 1 saturated carbocycles. The monoisotopic (exact) mass is 294 g/mol. The molecule has 1 aliphatic heterocycles. The van der Waals surface area contributed by atoms with Crippen molar-refractivity contribution in [3.63, 3.8) is 0 Å². The van der Waals surface area contributed by atoms with Crippen molar-refractivity contribution in [3.8, 4) is 0 Å². The highest BCUT2D eigenvalue weighted by Gasteiger charge is 2.36. The molecule has 0 spiro atoms. The Morgan fingerprint density at radius 3 is 2.38 bits per heavy atom. The van der Waals surface area contributed by atoms with Crippen LogP contribution in [0.4, 0.5) is 0 Å². The van der Waals surface area contributed by atoms with Crippen LogP contribution in [0.3, 0.4) is 0 Å². The topological polar surface area (TPSA) is 15.3 Å². The van der Waals surface area contributed by atoms with Crippen molar-refractivity contribution < 1.29 is 0 Å². The molecular formula is C19H38N2. The van der Waals surface area contributed by atoms with E-state index < -0.39 is 0 Å². The van der Waals surface area contributed by atoms with Crippen molar-refractivity contribution in [2.24, 2.45) is 11.8 Å². The second-order valence-corrected chi connectivity index (χ2v) is 7.78. The van der Waals surface area contributed by atoms with Crippen molar-refractivity contribution in [2.75, 3.05) is 13.1 Å². The van der Waals surface area contributed by atoms with Gasteiger partial charge in [-0.05, 0) is 37.5 Å². The normalized spacial score (nSPS) is 30.7. The van der Waals surface area contributed by atoms with Gasteiger partial charge in [-0.15, -0.1) is 0 Å². The Balaban J connectivity index is 2.07. The maximum absolute atomic E-state index is 3.82. The summed E-state index contributed by atoms with van der Waals surface area (Å²) in [4.78, 5) is 2.93. The van der Waals surface area contributed by atoms with E-state index in [0.29, 0.717) is 0 Å². The summed E-state index contributed by atoms with van der Waals surface area (Å²) in [6.07, 6.45) is 11.3. The number of hydrogen-bond acceptors (Lipinski definition) is 2. The highest BCUT2D eigenvalue weighted by Crippen LogP contribution is 2.33. The van der Waals surface area contributed by atoms with Crippen LogP contribution in [0.5, 0.6) is 0 Å². The molecule has 0 aromatic carbocycles. The molecule has 1 heterocycles.